The monoisotopic (exact) mass is 352 g/mol. The zero-order valence-electron chi connectivity index (χ0n) is 11.2. The van der Waals surface area contributed by atoms with Crippen LogP contribution in [0.5, 0.6) is 5.75 Å². The molecule has 104 valence electrons. The van der Waals surface area contributed by atoms with Crippen LogP contribution < -0.4 is 4.74 Å². The number of nitrogens with zero attached hydrogens (tertiary/aromatic N) is 2. The minimum atomic E-state index is -0.157. The van der Waals surface area contributed by atoms with Crippen LogP contribution in [0.25, 0.3) is 0 Å². The lowest BCUT2D eigenvalue weighted by atomic mass is 10.1. The molecule has 2 heterocycles. The van der Waals surface area contributed by atoms with E-state index < -0.39 is 0 Å². The molecule has 1 aliphatic rings. The SMILES string of the molecule is CC(C)c1nc(C2Cc3ccccc3O2)nc(Cl)c1Br. The van der Waals surface area contributed by atoms with Crippen molar-refractivity contribution in [2.75, 3.05) is 0 Å². The summed E-state index contributed by atoms with van der Waals surface area (Å²) in [6.45, 7) is 4.16. The van der Waals surface area contributed by atoms with Gasteiger partial charge in [-0.2, -0.15) is 0 Å². The van der Waals surface area contributed by atoms with Gasteiger partial charge in [0.2, 0.25) is 0 Å². The van der Waals surface area contributed by atoms with E-state index in [0.717, 1.165) is 22.3 Å². The Hall–Kier alpha value is -1.13. The molecule has 0 fully saturated rings. The van der Waals surface area contributed by atoms with E-state index in [1.807, 2.05) is 18.2 Å². The van der Waals surface area contributed by atoms with E-state index in [4.69, 9.17) is 16.3 Å². The molecule has 1 unspecified atom stereocenters. The van der Waals surface area contributed by atoms with Crippen LogP contribution in [-0.4, -0.2) is 9.97 Å². The van der Waals surface area contributed by atoms with Gasteiger partial charge in [0.1, 0.15) is 10.9 Å². The smallest absolute Gasteiger partial charge is 0.171 e. The van der Waals surface area contributed by atoms with Crippen molar-refractivity contribution in [2.45, 2.75) is 32.3 Å². The number of rotatable bonds is 2. The molecule has 0 saturated carbocycles. The summed E-state index contributed by atoms with van der Waals surface area (Å²) in [5.74, 6) is 1.83. The van der Waals surface area contributed by atoms with Crippen LogP contribution in [0.2, 0.25) is 5.15 Å². The highest BCUT2D eigenvalue weighted by Crippen LogP contribution is 2.37. The van der Waals surface area contributed by atoms with E-state index in [0.29, 0.717) is 11.0 Å². The van der Waals surface area contributed by atoms with Gasteiger partial charge in [0.15, 0.2) is 11.9 Å². The van der Waals surface area contributed by atoms with Gasteiger partial charge >= 0.3 is 0 Å². The molecule has 0 radical (unpaired) electrons. The molecule has 0 N–H and O–H groups in total. The summed E-state index contributed by atoms with van der Waals surface area (Å²) < 4.78 is 6.70. The number of para-hydroxylation sites is 1. The standard InChI is InChI=1S/C15H14BrClN2O/c1-8(2)13-12(16)14(17)19-15(18-13)11-7-9-5-3-4-6-10(9)20-11/h3-6,8,11H,7H2,1-2H3. The van der Waals surface area contributed by atoms with Crippen LogP contribution in [0.4, 0.5) is 0 Å². The first-order chi connectivity index (χ1) is 9.56. The number of fused-ring (bicyclic) bond motifs is 1. The summed E-state index contributed by atoms with van der Waals surface area (Å²) in [6, 6.07) is 8.02. The second kappa shape index (κ2) is 5.34. The highest BCUT2D eigenvalue weighted by molar-refractivity contribution is 9.10. The number of halogens is 2. The third-order valence-corrected chi connectivity index (χ3v) is 4.62. The topological polar surface area (TPSA) is 35.0 Å². The lowest BCUT2D eigenvalue weighted by Crippen LogP contribution is -2.11. The van der Waals surface area contributed by atoms with Crippen LogP contribution in [-0.2, 0) is 6.42 Å². The van der Waals surface area contributed by atoms with Gasteiger partial charge < -0.3 is 4.74 Å². The van der Waals surface area contributed by atoms with Crippen LogP contribution >= 0.6 is 27.5 Å². The second-order valence-electron chi connectivity index (χ2n) is 5.14. The Labute approximate surface area is 131 Å². The fourth-order valence-electron chi connectivity index (χ4n) is 2.31. The van der Waals surface area contributed by atoms with Gasteiger partial charge in [0.25, 0.3) is 0 Å². The molecule has 1 aliphatic heterocycles. The predicted octanol–water partition coefficient (Wildman–Crippen LogP) is 4.69. The van der Waals surface area contributed by atoms with E-state index in [2.05, 4.69) is 45.8 Å². The molecule has 3 rings (SSSR count). The lowest BCUT2D eigenvalue weighted by Gasteiger charge is -2.14. The van der Waals surface area contributed by atoms with Crippen molar-refractivity contribution in [2.24, 2.45) is 0 Å². The molecule has 1 aromatic heterocycles. The molecule has 0 bridgehead atoms. The van der Waals surface area contributed by atoms with Gasteiger partial charge in [0, 0.05) is 6.42 Å². The Morgan fingerprint density at radius 3 is 2.75 bits per heavy atom. The van der Waals surface area contributed by atoms with Crippen molar-refractivity contribution < 1.29 is 4.74 Å². The van der Waals surface area contributed by atoms with Crippen molar-refractivity contribution in [3.63, 3.8) is 0 Å². The largest absolute Gasteiger partial charge is 0.482 e. The normalized spacial score (nSPS) is 17.1. The predicted molar refractivity (Wildman–Crippen MR) is 82.3 cm³/mol. The van der Waals surface area contributed by atoms with Gasteiger partial charge in [-0.05, 0) is 33.5 Å². The lowest BCUT2D eigenvalue weighted by molar-refractivity contribution is 0.227. The summed E-state index contributed by atoms with van der Waals surface area (Å²) in [6.07, 6.45) is 0.626. The van der Waals surface area contributed by atoms with Crippen molar-refractivity contribution in [3.8, 4) is 5.75 Å². The minimum Gasteiger partial charge on any atom is -0.482 e. The number of hydrogen-bond donors (Lipinski definition) is 0. The number of aromatic nitrogens is 2. The molecule has 0 saturated heterocycles. The van der Waals surface area contributed by atoms with E-state index in [1.54, 1.807) is 0 Å². The number of ether oxygens (including phenoxy) is 1. The average molecular weight is 354 g/mol. The van der Waals surface area contributed by atoms with Crippen molar-refractivity contribution in [1.82, 2.24) is 9.97 Å². The van der Waals surface area contributed by atoms with Gasteiger partial charge in [-0.25, -0.2) is 9.97 Å². The third kappa shape index (κ3) is 2.42. The molecular weight excluding hydrogens is 340 g/mol. The molecule has 0 aliphatic carbocycles. The van der Waals surface area contributed by atoms with Crippen LogP contribution in [0.3, 0.4) is 0 Å². The zero-order valence-corrected chi connectivity index (χ0v) is 13.6. The van der Waals surface area contributed by atoms with E-state index in [-0.39, 0.29) is 12.0 Å². The van der Waals surface area contributed by atoms with E-state index >= 15 is 0 Å². The van der Waals surface area contributed by atoms with E-state index in [9.17, 15) is 0 Å². The maximum Gasteiger partial charge on any atom is 0.171 e. The third-order valence-electron chi connectivity index (χ3n) is 3.34. The highest BCUT2D eigenvalue weighted by Gasteiger charge is 2.28. The molecule has 3 nitrogen and oxygen atoms in total. The average Bonchev–Trinajstić information content (AvgIpc) is 2.85. The first-order valence-corrected chi connectivity index (χ1v) is 7.70. The molecular formula is C15H14BrClN2O. The van der Waals surface area contributed by atoms with Crippen LogP contribution in [0.1, 0.15) is 43.0 Å². The summed E-state index contributed by atoms with van der Waals surface area (Å²) in [7, 11) is 0. The first-order valence-electron chi connectivity index (χ1n) is 6.53. The van der Waals surface area contributed by atoms with Crippen molar-refractivity contribution >= 4 is 27.5 Å². The Bertz CT molecular complexity index is 635. The van der Waals surface area contributed by atoms with Gasteiger partial charge in [-0.1, -0.05) is 43.6 Å². The zero-order chi connectivity index (χ0) is 14.3. The second-order valence-corrected chi connectivity index (χ2v) is 6.30. The molecule has 0 amide bonds. The molecule has 5 heteroatoms. The van der Waals surface area contributed by atoms with Crippen molar-refractivity contribution in [3.05, 3.63) is 51.0 Å². The fraction of sp³-hybridized carbons (Fsp3) is 0.333. The van der Waals surface area contributed by atoms with E-state index in [1.165, 1.54) is 5.56 Å². The van der Waals surface area contributed by atoms with Gasteiger partial charge in [-0.3, -0.25) is 0 Å². The maximum atomic E-state index is 6.20. The molecule has 2 aromatic rings. The first kappa shape index (κ1) is 13.8. The highest BCUT2D eigenvalue weighted by atomic mass is 79.9. The molecule has 1 atom stereocenters. The number of hydrogen-bond acceptors (Lipinski definition) is 3. The van der Waals surface area contributed by atoms with Crippen molar-refractivity contribution in [1.29, 1.82) is 0 Å². The summed E-state index contributed by atoms with van der Waals surface area (Å²) >= 11 is 9.65. The molecule has 1 aromatic carbocycles. The summed E-state index contributed by atoms with van der Waals surface area (Å²) in [5.41, 5.74) is 2.10. The Morgan fingerprint density at radius 2 is 2.05 bits per heavy atom. The molecule has 20 heavy (non-hydrogen) atoms. The van der Waals surface area contributed by atoms with Gasteiger partial charge in [-0.15, -0.1) is 0 Å². The van der Waals surface area contributed by atoms with Crippen LogP contribution in [0, 0.1) is 0 Å². The van der Waals surface area contributed by atoms with Crippen LogP contribution in [0.15, 0.2) is 28.7 Å². The fourth-order valence-corrected chi connectivity index (χ4v) is 3.12. The quantitative estimate of drug-likeness (QED) is 0.735. The Morgan fingerprint density at radius 1 is 1.30 bits per heavy atom. The summed E-state index contributed by atoms with van der Waals surface area (Å²) in [4.78, 5) is 8.99. The summed E-state index contributed by atoms with van der Waals surface area (Å²) in [5, 5.41) is 0.443. The maximum absolute atomic E-state index is 6.20. The Kier molecular flexibility index (Phi) is 3.69. The van der Waals surface area contributed by atoms with Gasteiger partial charge in [0.05, 0.1) is 10.2 Å². The molecule has 0 spiro atoms. The minimum absolute atomic E-state index is 0.157. The number of benzene rings is 1. The Balaban J connectivity index is 1.97.